The van der Waals surface area contributed by atoms with Gasteiger partial charge < -0.3 is 14.9 Å². The molecule has 1 aliphatic carbocycles. The molecule has 0 bridgehead atoms. The number of aliphatic hydroxyl groups is 1. The molecule has 37 heavy (non-hydrogen) atoms. The summed E-state index contributed by atoms with van der Waals surface area (Å²) in [5, 5.41) is 19.5. The quantitative estimate of drug-likeness (QED) is 0.197. The second-order valence-electron chi connectivity index (χ2n) is 9.48. The molecule has 4 nitrogen and oxygen atoms in total. The second-order valence-corrected chi connectivity index (χ2v) is 9.48. The fourth-order valence-electron chi connectivity index (χ4n) is 4.99. The fraction of sp³-hybridized carbons (Fsp3) is 0.345. The van der Waals surface area contributed by atoms with Crippen molar-refractivity contribution in [2.45, 2.75) is 57.5 Å². The first-order valence-corrected chi connectivity index (χ1v) is 12.4. The number of ether oxygens (including phenoxy) is 1. The van der Waals surface area contributed by atoms with Gasteiger partial charge in [0.05, 0.1) is 11.7 Å². The van der Waals surface area contributed by atoms with Crippen molar-refractivity contribution in [1.29, 1.82) is 0 Å². The van der Waals surface area contributed by atoms with Gasteiger partial charge in [-0.3, -0.25) is 0 Å². The van der Waals surface area contributed by atoms with E-state index in [0.29, 0.717) is 12.8 Å². The molecule has 1 saturated carbocycles. The third kappa shape index (κ3) is 5.64. The molecule has 0 heterocycles. The number of carbonyl (C=O) groups excluding carboxylic acids is 1. The molecule has 0 amide bonds. The molecule has 0 radical (unpaired) electrons. The monoisotopic (exact) mass is 516 g/mol. The van der Waals surface area contributed by atoms with Gasteiger partial charge in [0.25, 0.3) is 0 Å². The van der Waals surface area contributed by atoms with Crippen LogP contribution >= 0.6 is 0 Å². The minimum atomic E-state index is -1.39. The molecule has 1 fully saturated rings. The topological polar surface area (TPSA) is 66.8 Å². The summed E-state index contributed by atoms with van der Waals surface area (Å²) in [6.07, 6.45) is 4.00. The van der Waals surface area contributed by atoms with Gasteiger partial charge in [-0.05, 0) is 85.4 Å². The lowest BCUT2D eigenvalue weighted by atomic mass is 9.76. The number of esters is 1. The maximum atomic E-state index is 14.9. The molecule has 2 N–H and O–H groups in total. The van der Waals surface area contributed by atoms with Gasteiger partial charge in [-0.25, -0.2) is 13.6 Å². The van der Waals surface area contributed by atoms with Crippen molar-refractivity contribution in [1.82, 2.24) is 0 Å². The van der Waals surface area contributed by atoms with Crippen LogP contribution in [0.3, 0.4) is 0 Å². The van der Waals surface area contributed by atoms with E-state index in [1.165, 1.54) is 42.5 Å². The highest BCUT2D eigenvalue weighted by molar-refractivity contribution is 5.91. The smallest absolute Gasteiger partial charge is 0.343 e. The fourth-order valence-corrected chi connectivity index (χ4v) is 4.99. The Labute approximate surface area is 212 Å². The molecular weight excluding hydrogens is 488 g/mol. The summed E-state index contributed by atoms with van der Waals surface area (Å²) in [4.78, 5) is 12.5. The van der Waals surface area contributed by atoms with Crippen molar-refractivity contribution in [3.63, 3.8) is 0 Å². The van der Waals surface area contributed by atoms with Gasteiger partial charge in [-0.2, -0.15) is 8.78 Å². The number of phenols is 1. The van der Waals surface area contributed by atoms with Crippen LogP contribution in [0.2, 0.25) is 0 Å². The van der Waals surface area contributed by atoms with Crippen molar-refractivity contribution >= 4 is 5.97 Å². The molecule has 0 spiro atoms. The van der Waals surface area contributed by atoms with Crippen LogP contribution in [-0.2, 0) is 0 Å². The molecule has 4 rings (SSSR count). The molecule has 3 aromatic carbocycles. The van der Waals surface area contributed by atoms with Crippen LogP contribution in [0.15, 0.2) is 48.5 Å². The average molecular weight is 517 g/mol. The number of phenolic OH excluding ortho intramolecular Hbond substituents is 1. The van der Waals surface area contributed by atoms with Gasteiger partial charge >= 0.3 is 5.97 Å². The summed E-state index contributed by atoms with van der Waals surface area (Å²) >= 11 is 0. The van der Waals surface area contributed by atoms with Crippen LogP contribution in [0.5, 0.6) is 11.5 Å². The standard InChI is InChI=1S/C29H28F4O4/c1-2-3-22(34)18-8-4-16(5-9-18)21-13-15-24(28(33)26(21)31)37-29(36)19-10-6-17(7-11-19)20-12-14-23(35)27(32)25(20)30/h6-7,10-16,18,22,34-35H,2-5,8-9H2,1H3. The first-order valence-electron chi connectivity index (χ1n) is 12.4. The van der Waals surface area contributed by atoms with Crippen LogP contribution in [-0.4, -0.2) is 22.3 Å². The minimum absolute atomic E-state index is 0.00347. The Bertz CT molecular complexity index is 1270. The second kappa shape index (κ2) is 11.3. The van der Waals surface area contributed by atoms with Gasteiger partial charge in [0.2, 0.25) is 11.6 Å². The predicted molar refractivity (Wildman–Crippen MR) is 130 cm³/mol. The highest BCUT2D eigenvalue weighted by atomic mass is 19.2. The number of halogens is 4. The first kappa shape index (κ1) is 26.7. The van der Waals surface area contributed by atoms with Gasteiger partial charge in [-0.15, -0.1) is 0 Å². The molecule has 0 aliphatic heterocycles. The van der Waals surface area contributed by atoms with E-state index < -0.39 is 40.7 Å². The molecule has 1 atom stereocenters. The Hall–Kier alpha value is -3.39. The Balaban J connectivity index is 1.44. The van der Waals surface area contributed by atoms with Gasteiger partial charge in [0.15, 0.2) is 23.1 Å². The largest absolute Gasteiger partial charge is 0.505 e. The Morgan fingerprint density at radius 3 is 2.22 bits per heavy atom. The average Bonchev–Trinajstić information content (AvgIpc) is 2.90. The lowest BCUT2D eigenvalue weighted by Crippen LogP contribution is -2.25. The minimum Gasteiger partial charge on any atom is -0.505 e. The van der Waals surface area contributed by atoms with Crippen LogP contribution in [0.4, 0.5) is 17.6 Å². The zero-order valence-electron chi connectivity index (χ0n) is 20.3. The molecular formula is C29H28F4O4. The van der Waals surface area contributed by atoms with Crippen molar-refractivity contribution < 1.29 is 37.3 Å². The van der Waals surface area contributed by atoms with E-state index in [9.17, 15) is 32.6 Å². The molecule has 1 unspecified atom stereocenters. The maximum absolute atomic E-state index is 14.9. The highest BCUT2D eigenvalue weighted by Gasteiger charge is 2.30. The van der Waals surface area contributed by atoms with Crippen LogP contribution in [0.25, 0.3) is 11.1 Å². The number of hydrogen-bond acceptors (Lipinski definition) is 4. The third-order valence-corrected chi connectivity index (χ3v) is 7.11. The molecule has 0 aromatic heterocycles. The number of aliphatic hydroxyl groups excluding tert-OH is 1. The Kier molecular flexibility index (Phi) is 8.17. The van der Waals surface area contributed by atoms with Crippen LogP contribution in [0, 0.1) is 29.2 Å². The van der Waals surface area contributed by atoms with E-state index in [1.807, 2.05) is 6.92 Å². The molecule has 1 aliphatic rings. The van der Waals surface area contributed by atoms with Crippen LogP contribution < -0.4 is 4.74 Å². The van der Waals surface area contributed by atoms with Gasteiger partial charge in [-0.1, -0.05) is 31.5 Å². The lowest BCUT2D eigenvalue weighted by molar-refractivity contribution is 0.0725. The number of aromatic hydroxyl groups is 1. The van der Waals surface area contributed by atoms with Crippen molar-refractivity contribution in [3.8, 4) is 22.6 Å². The highest BCUT2D eigenvalue weighted by Crippen LogP contribution is 2.40. The summed E-state index contributed by atoms with van der Waals surface area (Å²) in [5.41, 5.74) is 0.351. The number of hydrogen-bond donors (Lipinski definition) is 2. The Morgan fingerprint density at radius 2 is 1.57 bits per heavy atom. The van der Waals surface area contributed by atoms with E-state index in [4.69, 9.17) is 4.74 Å². The van der Waals surface area contributed by atoms with E-state index in [-0.39, 0.29) is 40.2 Å². The van der Waals surface area contributed by atoms with Crippen molar-refractivity contribution in [2.24, 2.45) is 5.92 Å². The van der Waals surface area contributed by atoms with E-state index >= 15 is 0 Å². The zero-order valence-corrected chi connectivity index (χ0v) is 20.3. The number of benzene rings is 3. The van der Waals surface area contributed by atoms with Gasteiger partial charge in [0, 0.05) is 5.56 Å². The lowest BCUT2D eigenvalue weighted by Gasteiger charge is -2.32. The van der Waals surface area contributed by atoms with E-state index in [1.54, 1.807) is 0 Å². The van der Waals surface area contributed by atoms with Gasteiger partial charge in [0.1, 0.15) is 0 Å². The number of carbonyl (C=O) groups is 1. The summed E-state index contributed by atoms with van der Waals surface area (Å²) in [5.74, 6) is -7.25. The third-order valence-electron chi connectivity index (χ3n) is 7.11. The Morgan fingerprint density at radius 1 is 0.892 bits per heavy atom. The summed E-state index contributed by atoms with van der Waals surface area (Å²) in [7, 11) is 0. The molecule has 8 heteroatoms. The van der Waals surface area contributed by atoms with Crippen molar-refractivity contribution in [2.75, 3.05) is 0 Å². The van der Waals surface area contributed by atoms with Crippen LogP contribution in [0.1, 0.15) is 67.3 Å². The molecule has 0 saturated heterocycles. The summed E-state index contributed by atoms with van der Waals surface area (Å²) in [6.45, 7) is 2.01. The number of rotatable bonds is 7. The first-order chi connectivity index (χ1) is 17.7. The summed E-state index contributed by atoms with van der Waals surface area (Å²) in [6, 6.07) is 10.1. The maximum Gasteiger partial charge on any atom is 0.343 e. The summed E-state index contributed by atoms with van der Waals surface area (Å²) < 4.78 is 62.6. The molecule has 196 valence electrons. The SMILES string of the molecule is CCCC(O)C1CCC(c2ccc(OC(=O)c3ccc(-c4ccc(O)c(F)c4F)cc3)c(F)c2F)CC1. The molecule has 3 aromatic rings. The van der Waals surface area contributed by atoms with E-state index in [0.717, 1.165) is 31.7 Å². The van der Waals surface area contributed by atoms with Crippen molar-refractivity contribution in [3.05, 3.63) is 82.9 Å². The normalized spacial score (nSPS) is 18.4. The predicted octanol–water partition coefficient (Wildman–Crippen LogP) is 7.27. The van der Waals surface area contributed by atoms with E-state index in [2.05, 4.69) is 0 Å². The zero-order chi connectivity index (χ0) is 26.7.